The molecule has 1 N–H and O–H groups in total. The van der Waals surface area contributed by atoms with Gasteiger partial charge in [-0.25, -0.2) is 4.79 Å². The quantitative estimate of drug-likeness (QED) is 0.785. The fourth-order valence-electron chi connectivity index (χ4n) is 1.10. The third kappa shape index (κ3) is 1.50. The maximum atomic E-state index is 10.5. The number of carboxylic acid groups (broad SMARTS) is 1. The van der Waals surface area contributed by atoms with Crippen LogP contribution in [-0.2, 0) is 0 Å². The molecule has 0 unspecified atom stereocenters. The van der Waals surface area contributed by atoms with Gasteiger partial charge in [-0.05, 0) is 24.3 Å². The Morgan fingerprint density at radius 1 is 1.29 bits per heavy atom. The van der Waals surface area contributed by atoms with Gasteiger partial charge in [-0.3, -0.25) is 4.98 Å². The highest BCUT2D eigenvalue weighted by atomic mass is 16.4. The number of aromatic nitrogens is 1. The summed E-state index contributed by atoms with van der Waals surface area (Å²) >= 11 is 0. The van der Waals surface area contributed by atoms with E-state index in [1.54, 1.807) is 24.4 Å². The van der Waals surface area contributed by atoms with Crippen LogP contribution in [0.2, 0.25) is 0 Å². The molecule has 4 heteroatoms. The molecule has 0 atom stereocenters. The van der Waals surface area contributed by atoms with Gasteiger partial charge in [0.1, 0.15) is 5.69 Å². The summed E-state index contributed by atoms with van der Waals surface area (Å²) in [5, 5.41) is 8.63. The number of furan rings is 1. The van der Waals surface area contributed by atoms with Crippen LogP contribution in [0.4, 0.5) is 0 Å². The first-order valence-electron chi connectivity index (χ1n) is 4.02. The molecule has 14 heavy (non-hydrogen) atoms. The zero-order chi connectivity index (χ0) is 9.97. The average molecular weight is 189 g/mol. The van der Waals surface area contributed by atoms with Gasteiger partial charge in [-0.1, -0.05) is 6.07 Å². The number of pyridine rings is 1. The monoisotopic (exact) mass is 189 g/mol. The van der Waals surface area contributed by atoms with Gasteiger partial charge in [-0.15, -0.1) is 0 Å². The van der Waals surface area contributed by atoms with Crippen LogP contribution >= 0.6 is 0 Å². The number of carbonyl (C=O) groups is 1. The first kappa shape index (κ1) is 8.50. The minimum absolute atomic E-state index is 0.0781. The summed E-state index contributed by atoms with van der Waals surface area (Å²) in [6.45, 7) is 0. The Morgan fingerprint density at radius 3 is 2.71 bits per heavy atom. The van der Waals surface area contributed by atoms with Gasteiger partial charge in [0.2, 0.25) is 5.76 Å². The number of aromatic carboxylic acids is 1. The van der Waals surface area contributed by atoms with E-state index in [0.29, 0.717) is 11.5 Å². The Morgan fingerprint density at radius 2 is 2.14 bits per heavy atom. The molecule has 0 fully saturated rings. The van der Waals surface area contributed by atoms with E-state index in [-0.39, 0.29) is 5.76 Å². The van der Waals surface area contributed by atoms with Gasteiger partial charge in [0, 0.05) is 6.20 Å². The van der Waals surface area contributed by atoms with Crippen LogP contribution in [0.5, 0.6) is 0 Å². The summed E-state index contributed by atoms with van der Waals surface area (Å²) in [6.07, 6.45) is 1.62. The summed E-state index contributed by atoms with van der Waals surface area (Å²) in [4.78, 5) is 14.6. The molecule has 0 saturated carbocycles. The maximum Gasteiger partial charge on any atom is 0.371 e. The summed E-state index contributed by atoms with van der Waals surface area (Å²) in [6, 6.07) is 8.35. The van der Waals surface area contributed by atoms with E-state index in [1.807, 2.05) is 6.07 Å². The van der Waals surface area contributed by atoms with Crippen LogP contribution in [0.25, 0.3) is 11.5 Å². The summed E-state index contributed by atoms with van der Waals surface area (Å²) in [5.41, 5.74) is 0.625. The van der Waals surface area contributed by atoms with Crippen LogP contribution in [0.15, 0.2) is 40.9 Å². The summed E-state index contributed by atoms with van der Waals surface area (Å²) in [5.74, 6) is -0.694. The predicted octanol–water partition coefficient (Wildman–Crippen LogP) is 2.04. The minimum atomic E-state index is -1.08. The molecule has 0 aliphatic carbocycles. The number of hydrogen-bond donors (Lipinski definition) is 1. The lowest BCUT2D eigenvalue weighted by molar-refractivity contribution is 0.0663. The molecule has 0 saturated heterocycles. The van der Waals surface area contributed by atoms with Gasteiger partial charge >= 0.3 is 5.97 Å². The average Bonchev–Trinajstić information content (AvgIpc) is 2.68. The Kier molecular flexibility index (Phi) is 2.02. The Hall–Kier alpha value is -2.10. The molecule has 0 radical (unpaired) electrons. The zero-order valence-corrected chi connectivity index (χ0v) is 7.18. The lowest BCUT2D eigenvalue weighted by atomic mass is 10.3. The molecule has 0 aromatic carbocycles. The van der Waals surface area contributed by atoms with Crippen LogP contribution in [0.1, 0.15) is 10.6 Å². The van der Waals surface area contributed by atoms with Crippen molar-refractivity contribution >= 4 is 5.97 Å². The highest BCUT2D eigenvalue weighted by molar-refractivity contribution is 5.85. The van der Waals surface area contributed by atoms with E-state index in [2.05, 4.69) is 4.98 Å². The standard InChI is InChI=1S/C10H7NO3/c12-10(13)9-5-4-8(14-9)7-3-1-2-6-11-7/h1-6H,(H,12,13). The van der Waals surface area contributed by atoms with Crippen LogP contribution in [-0.4, -0.2) is 16.1 Å². The number of hydrogen-bond acceptors (Lipinski definition) is 3. The second-order valence-corrected chi connectivity index (χ2v) is 2.68. The molecule has 0 aliphatic heterocycles. The van der Waals surface area contributed by atoms with E-state index in [1.165, 1.54) is 6.07 Å². The fraction of sp³-hybridized carbons (Fsp3) is 0. The van der Waals surface area contributed by atoms with Crippen LogP contribution in [0, 0.1) is 0 Å². The van der Waals surface area contributed by atoms with Crippen molar-refractivity contribution in [3.8, 4) is 11.5 Å². The molecular weight excluding hydrogens is 182 g/mol. The lowest BCUT2D eigenvalue weighted by Gasteiger charge is -1.93. The third-order valence-corrected chi connectivity index (χ3v) is 1.73. The van der Waals surface area contributed by atoms with Gasteiger partial charge in [0.15, 0.2) is 5.76 Å². The van der Waals surface area contributed by atoms with Crippen molar-refractivity contribution in [3.63, 3.8) is 0 Å². The Balaban J connectivity index is 2.39. The second-order valence-electron chi connectivity index (χ2n) is 2.68. The van der Waals surface area contributed by atoms with E-state index in [4.69, 9.17) is 9.52 Å². The number of nitrogens with zero attached hydrogens (tertiary/aromatic N) is 1. The van der Waals surface area contributed by atoms with Crippen molar-refractivity contribution < 1.29 is 14.3 Å². The first-order valence-corrected chi connectivity index (χ1v) is 4.02. The van der Waals surface area contributed by atoms with Crippen molar-refractivity contribution in [2.24, 2.45) is 0 Å². The summed E-state index contributed by atoms with van der Waals surface area (Å²) < 4.78 is 5.07. The molecule has 4 nitrogen and oxygen atoms in total. The lowest BCUT2D eigenvalue weighted by Crippen LogP contribution is -1.91. The van der Waals surface area contributed by atoms with Crippen molar-refractivity contribution in [1.29, 1.82) is 0 Å². The van der Waals surface area contributed by atoms with E-state index in [0.717, 1.165) is 0 Å². The normalized spacial score (nSPS) is 10.0. The van der Waals surface area contributed by atoms with Gasteiger partial charge in [0.25, 0.3) is 0 Å². The molecule has 0 bridgehead atoms. The molecule has 0 amide bonds. The van der Waals surface area contributed by atoms with Crippen molar-refractivity contribution in [2.45, 2.75) is 0 Å². The van der Waals surface area contributed by atoms with Gasteiger partial charge in [0.05, 0.1) is 0 Å². The van der Waals surface area contributed by atoms with Crippen molar-refractivity contribution in [2.75, 3.05) is 0 Å². The van der Waals surface area contributed by atoms with Crippen molar-refractivity contribution in [1.82, 2.24) is 4.98 Å². The highest BCUT2D eigenvalue weighted by Crippen LogP contribution is 2.19. The van der Waals surface area contributed by atoms with Crippen LogP contribution < -0.4 is 0 Å². The largest absolute Gasteiger partial charge is 0.475 e. The van der Waals surface area contributed by atoms with E-state index in [9.17, 15) is 4.79 Å². The molecule has 2 aromatic heterocycles. The molecule has 0 spiro atoms. The predicted molar refractivity (Wildman–Crippen MR) is 48.9 cm³/mol. The van der Waals surface area contributed by atoms with Crippen LogP contribution in [0.3, 0.4) is 0 Å². The van der Waals surface area contributed by atoms with Gasteiger partial charge in [-0.2, -0.15) is 0 Å². The third-order valence-electron chi connectivity index (χ3n) is 1.73. The smallest absolute Gasteiger partial charge is 0.371 e. The molecule has 2 rings (SSSR count). The molecule has 2 aromatic rings. The molecule has 0 aliphatic rings. The fourth-order valence-corrected chi connectivity index (χ4v) is 1.10. The Labute approximate surface area is 79.8 Å². The molecule has 2 heterocycles. The zero-order valence-electron chi connectivity index (χ0n) is 7.18. The minimum Gasteiger partial charge on any atom is -0.475 e. The first-order chi connectivity index (χ1) is 6.77. The van der Waals surface area contributed by atoms with E-state index >= 15 is 0 Å². The van der Waals surface area contributed by atoms with E-state index < -0.39 is 5.97 Å². The number of carboxylic acids is 1. The molecule has 70 valence electrons. The topological polar surface area (TPSA) is 63.3 Å². The second kappa shape index (κ2) is 3.33. The SMILES string of the molecule is O=C(O)c1ccc(-c2ccccn2)o1. The Bertz CT molecular complexity index is 447. The van der Waals surface area contributed by atoms with Crippen molar-refractivity contribution in [3.05, 3.63) is 42.3 Å². The van der Waals surface area contributed by atoms with Gasteiger partial charge < -0.3 is 9.52 Å². The highest BCUT2D eigenvalue weighted by Gasteiger charge is 2.10. The summed E-state index contributed by atoms with van der Waals surface area (Å²) in [7, 11) is 0. The molecular formula is C10H7NO3. The maximum absolute atomic E-state index is 10.5. The number of rotatable bonds is 2.